The molecule has 0 aliphatic carbocycles. The zero-order valence-electron chi connectivity index (χ0n) is 14.8. The minimum Gasteiger partial charge on any atom is -0.490 e. The zero-order valence-corrected chi connectivity index (χ0v) is 14.8. The number of rotatable bonds is 4. The van der Waals surface area contributed by atoms with E-state index in [0.717, 1.165) is 16.5 Å². The predicted molar refractivity (Wildman–Crippen MR) is 98.2 cm³/mol. The third-order valence-corrected chi connectivity index (χ3v) is 4.10. The average Bonchev–Trinajstić information content (AvgIpc) is 3.18. The van der Waals surface area contributed by atoms with Crippen LogP contribution in [0.5, 0.6) is 5.75 Å². The van der Waals surface area contributed by atoms with Crippen LogP contribution in [0.1, 0.15) is 12.5 Å². The molecule has 0 fully saturated rings. The van der Waals surface area contributed by atoms with Gasteiger partial charge in [0.2, 0.25) is 5.82 Å². The Balaban J connectivity index is 1.83. The van der Waals surface area contributed by atoms with Crippen molar-refractivity contribution in [3.8, 4) is 28.6 Å². The maximum Gasteiger partial charge on any atom is 0.268 e. The summed E-state index contributed by atoms with van der Waals surface area (Å²) in [4.78, 5) is 4.41. The number of aryl methyl sites for hydroxylation is 1. The van der Waals surface area contributed by atoms with E-state index in [9.17, 15) is 5.21 Å². The number of aromatic nitrogens is 2. The lowest BCUT2D eigenvalue weighted by atomic mass is 10.1. The highest BCUT2D eigenvalue weighted by Gasteiger charge is 2.17. The number of fused-ring (bicyclic) bond motifs is 1. The molecular weight excluding hydrogens is 346 g/mol. The average molecular weight is 363 g/mol. The summed E-state index contributed by atoms with van der Waals surface area (Å²) < 4.78 is 16.7. The zero-order chi connectivity index (χ0) is 18.8. The van der Waals surface area contributed by atoms with E-state index < -0.39 is 0 Å². The first kappa shape index (κ1) is 16.8. The molecule has 136 valence electrons. The summed E-state index contributed by atoms with van der Waals surface area (Å²) in [5.41, 5.74) is 2.81. The topological polar surface area (TPSA) is 93.9 Å². The molecule has 7 heteroatoms. The summed E-state index contributed by atoms with van der Waals surface area (Å²) in [6.45, 7) is 4.38. The van der Waals surface area contributed by atoms with Gasteiger partial charge in [-0.2, -0.15) is 4.98 Å². The second-order valence-electron chi connectivity index (χ2n) is 5.96. The molecule has 4 aromatic rings. The van der Waals surface area contributed by atoms with Crippen molar-refractivity contribution in [3.63, 3.8) is 0 Å². The predicted octanol–water partition coefficient (Wildman–Crippen LogP) is 4.15. The molecule has 0 aliphatic rings. The quantitative estimate of drug-likeness (QED) is 0.432. The molecule has 0 saturated heterocycles. The van der Waals surface area contributed by atoms with Crippen molar-refractivity contribution in [1.29, 1.82) is 0 Å². The molecule has 2 aromatic heterocycles. The fourth-order valence-corrected chi connectivity index (χ4v) is 2.77. The Bertz CT molecular complexity index is 1160. The van der Waals surface area contributed by atoms with E-state index in [1.807, 2.05) is 50.2 Å². The standard InChI is InChI=1S/C20H17N3O4/c1-3-25-16-6-4-5-14-11-15(20(22-24)26-17(14)16)19-21-18(23-27-19)13-9-7-12(2)8-10-13/h4-11,24H,3H2,1-2H3/b22-20-. The van der Waals surface area contributed by atoms with E-state index in [-0.39, 0.29) is 11.4 Å². The molecule has 0 spiro atoms. The van der Waals surface area contributed by atoms with E-state index in [4.69, 9.17) is 13.7 Å². The summed E-state index contributed by atoms with van der Waals surface area (Å²) >= 11 is 0. The van der Waals surface area contributed by atoms with Crippen LogP contribution in [-0.2, 0) is 0 Å². The van der Waals surface area contributed by atoms with Crippen LogP contribution in [0.2, 0.25) is 0 Å². The molecule has 0 saturated carbocycles. The summed E-state index contributed by atoms with van der Waals surface area (Å²) in [5.74, 6) is 1.21. The summed E-state index contributed by atoms with van der Waals surface area (Å²) in [6.07, 6.45) is 0. The first-order valence-electron chi connectivity index (χ1n) is 8.48. The Kier molecular flexibility index (Phi) is 4.33. The monoisotopic (exact) mass is 363 g/mol. The first-order valence-corrected chi connectivity index (χ1v) is 8.48. The van der Waals surface area contributed by atoms with Gasteiger partial charge in [-0.1, -0.05) is 47.1 Å². The van der Waals surface area contributed by atoms with Gasteiger partial charge in [-0.3, -0.25) is 0 Å². The molecule has 0 unspecified atom stereocenters. The van der Waals surface area contributed by atoms with Crippen molar-refractivity contribution >= 4 is 11.0 Å². The van der Waals surface area contributed by atoms with Crippen LogP contribution in [-0.4, -0.2) is 22.0 Å². The van der Waals surface area contributed by atoms with E-state index in [1.54, 1.807) is 12.1 Å². The molecular formula is C20H17N3O4. The third-order valence-electron chi connectivity index (χ3n) is 4.10. The Morgan fingerprint density at radius 3 is 2.70 bits per heavy atom. The molecule has 0 radical (unpaired) electrons. The minimum atomic E-state index is -0.0336. The maximum atomic E-state index is 9.41. The third kappa shape index (κ3) is 3.15. The van der Waals surface area contributed by atoms with E-state index >= 15 is 0 Å². The largest absolute Gasteiger partial charge is 0.490 e. The Hall–Kier alpha value is -3.61. The van der Waals surface area contributed by atoms with Gasteiger partial charge in [0.05, 0.1) is 6.61 Å². The van der Waals surface area contributed by atoms with Crippen LogP contribution >= 0.6 is 0 Å². The van der Waals surface area contributed by atoms with E-state index in [1.165, 1.54) is 0 Å². The fraction of sp³-hybridized carbons (Fsp3) is 0.150. The van der Waals surface area contributed by atoms with Crippen LogP contribution in [0.25, 0.3) is 33.8 Å². The second kappa shape index (κ2) is 6.95. The summed E-state index contributed by atoms with van der Waals surface area (Å²) in [5, 5.41) is 17.4. The van der Waals surface area contributed by atoms with Gasteiger partial charge in [0.25, 0.3) is 11.4 Å². The summed E-state index contributed by atoms with van der Waals surface area (Å²) in [6, 6.07) is 15.1. The van der Waals surface area contributed by atoms with Crippen LogP contribution in [0.3, 0.4) is 0 Å². The lowest BCUT2D eigenvalue weighted by Crippen LogP contribution is -2.06. The molecule has 27 heavy (non-hydrogen) atoms. The highest BCUT2D eigenvalue weighted by Crippen LogP contribution is 2.28. The highest BCUT2D eigenvalue weighted by molar-refractivity contribution is 5.85. The molecule has 2 aromatic carbocycles. The van der Waals surface area contributed by atoms with Crippen molar-refractivity contribution in [1.82, 2.24) is 10.1 Å². The van der Waals surface area contributed by atoms with Crippen molar-refractivity contribution in [3.05, 3.63) is 59.6 Å². The van der Waals surface area contributed by atoms with Gasteiger partial charge in [0.15, 0.2) is 11.3 Å². The molecule has 7 nitrogen and oxygen atoms in total. The van der Waals surface area contributed by atoms with Crippen LogP contribution in [0, 0.1) is 6.92 Å². The van der Waals surface area contributed by atoms with Crippen molar-refractivity contribution in [2.24, 2.45) is 5.16 Å². The minimum absolute atomic E-state index is 0.0336. The normalized spacial score (nSPS) is 11.9. The number of hydrogen-bond donors (Lipinski definition) is 1. The Morgan fingerprint density at radius 2 is 1.96 bits per heavy atom. The van der Waals surface area contributed by atoms with Gasteiger partial charge in [0.1, 0.15) is 5.56 Å². The van der Waals surface area contributed by atoms with Crippen molar-refractivity contribution < 1.29 is 18.9 Å². The maximum absolute atomic E-state index is 9.41. The number of nitrogens with zero attached hydrogens (tertiary/aromatic N) is 3. The van der Waals surface area contributed by atoms with Gasteiger partial charge in [0, 0.05) is 10.9 Å². The molecule has 0 bridgehead atoms. The molecule has 0 aliphatic heterocycles. The van der Waals surface area contributed by atoms with E-state index in [2.05, 4.69) is 15.3 Å². The van der Waals surface area contributed by atoms with Gasteiger partial charge in [-0.05, 0) is 31.1 Å². The lowest BCUT2D eigenvalue weighted by molar-refractivity contribution is 0.274. The SMILES string of the molecule is CCOc1cccc2cc(-c3nc(-c4ccc(C)cc4)no3)/c(=N/O)oc12. The molecule has 2 heterocycles. The molecule has 4 rings (SSSR count). The Labute approximate surface area is 154 Å². The van der Waals surface area contributed by atoms with Crippen LogP contribution in [0.4, 0.5) is 0 Å². The van der Waals surface area contributed by atoms with Crippen LogP contribution in [0.15, 0.2) is 62.6 Å². The van der Waals surface area contributed by atoms with Gasteiger partial charge in [-0.25, -0.2) is 0 Å². The Morgan fingerprint density at radius 1 is 1.15 bits per heavy atom. The van der Waals surface area contributed by atoms with Gasteiger partial charge in [-0.15, -0.1) is 0 Å². The van der Waals surface area contributed by atoms with E-state index in [0.29, 0.717) is 29.3 Å². The molecule has 0 amide bonds. The molecule has 1 N–H and O–H groups in total. The van der Waals surface area contributed by atoms with Gasteiger partial charge >= 0.3 is 0 Å². The fourth-order valence-electron chi connectivity index (χ4n) is 2.77. The first-order chi connectivity index (χ1) is 13.2. The number of benzene rings is 2. The second-order valence-corrected chi connectivity index (χ2v) is 5.96. The number of para-hydroxylation sites is 1. The number of ether oxygens (including phenoxy) is 1. The van der Waals surface area contributed by atoms with Gasteiger partial charge < -0.3 is 18.9 Å². The lowest BCUT2D eigenvalue weighted by Gasteiger charge is -2.06. The number of hydrogen-bond acceptors (Lipinski definition) is 7. The van der Waals surface area contributed by atoms with Crippen molar-refractivity contribution in [2.45, 2.75) is 13.8 Å². The molecule has 0 atom stereocenters. The smallest absolute Gasteiger partial charge is 0.268 e. The highest BCUT2D eigenvalue weighted by atomic mass is 16.5. The van der Waals surface area contributed by atoms with Crippen molar-refractivity contribution in [2.75, 3.05) is 6.61 Å². The van der Waals surface area contributed by atoms with Crippen LogP contribution < -0.4 is 10.3 Å². The summed E-state index contributed by atoms with van der Waals surface area (Å²) in [7, 11) is 0.